The molecule has 2 saturated heterocycles. The first kappa shape index (κ1) is 23.6. The molecule has 0 N–H and O–H groups in total. The molecule has 12 heteroatoms. The van der Waals surface area contributed by atoms with Crippen molar-refractivity contribution in [3.63, 3.8) is 0 Å². The molecule has 1 aromatic carbocycles. The van der Waals surface area contributed by atoms with E-state index in [1.807, 2.05) is 13.8 Å². The molecule has 3 heterocycles. The van der Waals surface area contributed by atoms with Crippen molar-refractivity contribution in [2.45, 2.75) is 62.5 Å². The topological polar surface area (TPSA) is 121 Å². The molecule has 1 aromatic heterocycles. The van der Waals surface area contributed by atoms with E-state index in [1.165, 1.54) is 12.1 Å². The number of ether oxygens (including phenoxy) is 3. The van der Waals surface area contributed by atoms with Crippen LogP contribution in [0.1, 0.15) is 32.6 Å². The third kappa shape index (κ3) is 5.33. The van der Waals surface area contributed by atoms with E-state index in [1.54, 1.807) is 4.90 Å². The lowest BCUT2D eigenvalue weighted by Crippen LogP contribution is -2.60. The molecular formula is C21H26FN3O7S. The van der Waals surface area contributed by atoms with Gasteiger partial charge < -0.3 is 18.7 Å². The molecule has 4 rings (SSSR count). The van der Waals surface area contributed by atoms with E-state index in [0.29, 0.717) is 31.6 Å². The van der Waals surface area contributed by atoms with E-state index >= 15 is 0 Å². The zero-order valence-corrected chi connectivity index (χ0v) is 19.4. The fourth-order valence-corrected chi connectivity index (χ4v) is 4.85. The van der Waals surface area contributed by atoms with Gasteiger partial charge in [0, 0.05) is 11.8 Å². The summed E-state index contributed by atoms with van der Waals surface area (Å²) in [4.78, 5) is 18.0. The van der Waals surface area contributed by atoms with Crippen LogP contribution in [-0.2, 0) is 30.7 Å². The Morgan fingerprint density at radius 2 is 1.97 bits per heavy atom. The van der Waals surface area contributed by atoms with Crippen LogP contribution >= 0.6 is 0 Å². The third-order valence-corrected chi connectivity index (χ3v) is 6.65. The van der Waals surface area contributed by atoms with Gasteiger partial charge in [-0.25, -0.2) is 17.6 Å². The van der Waals surface area contributed by atoms with Crippen LogP contribution in [0.15, 0.2) is 27.6 Å². The molecule has 10 nitrogen and oxygen atoms in total. The second-order valence-corrected chi connectivity index (χ2v) is 10.5. The Labute approximate surface area is 190 Å². The molecular weight excluding hydrogens is 457 g/mol. The standard InChI is InChI=1S/C21H26FN3O7S/c1-12(2)31-21(26)25-14-7-16(8-15(25)10-29-9-14)30-11-19-23-20(24-32-19)13-4-5-18(17(22)6-13)33(3,27)28/h4-6,12,14-16H,7-11H2,1-3H3. The molecule has 0 radical (unpaired) electrons. The Hall–Kier alpha value is -2.57. The van der Waals surface area contributed by atoms with Crippen LogP contribution in [0.3, 0.4) is 0 Å². The number of hydrogen-bond donors (Lipinski definition) is 0. The number of piperidine rings is 1. The maximum atomic E-state index is 14.2. The van der Waals surface area contributed by atoms with Gasteiger partial charge in [0.2, 0.25) is 5.82 Å². The number of fused-ring (bicyclic) bond motifs is 2. The van der Waals surface area contributed by atoms with E-state index in [-0.39, 0.29) is 48.7 Å². The van der Waals surface area contributed by atoms with Crippen LogP contribution in [0.2, 0.25) is 0 Å². The summed E-state index contributed by atoms with van der Waals surface area (Å²) in [5, 5.41) is 3.83. The second-order valence-electron chi connectivity index (χ2n) is 8.52. The number of carbonyl (C=O) groups is 1. The zero-order valence-electron chi connectivity index (χ0n) is 18.6. The summed E-state index contributed by atoms with van der Waals surface area (Å²) < 4.78 is 59.5. The van der Waals surface area contributed by atoms with Crippen LogP contribution in [-0.4, -0.2) is 73.3 Å². The van der Waals surface area contributed by atoms with Gasteiger partial charge in [-0.2, -0.15) is 4.98 Å². The summed E-state index contributed by atoms with van der Waals surface area (Å²) in [7, 11) is -3.67. The number of sulfone groups is 1. The smallest absolute Gasteiger partial charge is 0.410 e. The molecule has 2 aromatic rings. The third-order valence-electron chi connectivity index (χ3n) is 5.52. The minimum atomic E-state index is -3.67. The lowest BCUT2D eigenvalue weighted by atomic mass is 9.92. The minimum Gasteiger partial charge on any atom is -0.447 e. The summed E-state index contributed by atoms with van der Waals surface area (Å²) in [6, 6.07) is 3.37. The van der Waals surface area contributed by atoms with Crippen molar-refractivity contribution in [3.8, 4) is 11.4 Å². The van der Waals surface area contributed by atoms with E-state index in [9.17, 15) is 17.6 Å². The van der Waals surface area contributed by atoms with Crippen LogP contribution < -0.4 is 0 Å². The minimum absolute atomic E-state index is 0.0539. The summed E-state index contributed by atoms with van der Waals surface area (Å²) in [5.74, 6) is -0.543. The van der Waals surface area contributed by atoms with Crippen LogP contribution in [0, 0.1) is 5.82 Å². The molecule has 2 bridgehead atoms. The number of aromatic nitrogens is 2. The van der Waals surface area contributed by atoms with Gasteiger partial charge in [-0.15, -0.1) is 0 Å². The molecule has 2 atom stereocenters. The van der Waals surface area contributed by atoms with Gasteiger partial charge in [0.1, 0.15) is 17.3 Å². The monoisotopic (exact) mass is 483 g/mol. The van der Waals surface area contributed by atoms with Gasteiger partial charge in [-0.05, 0) is 44.9 Å². The highest BCUT2D eigenvalue weighted by Gasteiger charge is 2.43. The maximum Gasteiger partial charge on any atom is 0.410 e. The first-order valence-electron chi connectivity index (χ1n) is 10.6. The van der Waals surface area contributed by atoms with Crippen molar-refractivity contribution in [1.29, 1.82) is 0 Å². The Balaban J connectivity index is 1.37. The van der Waals surface area contributed by atoms with Gasteiger partial charge in [0.15, 0.2) is 9.84 Å². The van der Waals surface area contributed by atoms with Crippen LogP contribution in [0.4, 0.5) is 9.18 Å². The quantitative estimate of drug-likeness (QED) is 0.610. The SMILES string of the molecule is CC(C)OC(=O)N1C2COCC1CC(OCc1nc(-c3ccc(S(C)(=O)=O)c(F)c3)no1)C2. The average molecular weight is 484 g/mol. The van der Waals surface area contributed by atoms with Gasteiger partial charge in [0.25, 0.3) is 5.89 Å². The second kappa shape index (κ2) is 9.35. The van der Waals surface area contributed by atoms with Crippen molar-refractivity contribution < 1.29 is 36.3 Å². The molecule has 0 saturated carbocycles. The molecule has 0 aliphatic carbocycles. The van der Waals surface area contributed by atoms with E-state index in [4.69, 9.17) is 18.7 Å². The number of morpholine rings is 1. The number of amides is 1. The van der Waals surface area contributed by atoms with E-state index < -0.39 is 20.5 Å². The van der Waals surface area contributed by atoms with E-state index in [0.717, 1.165) is 12.3 Å². The fraction of sp³-hybridized carbons (Fsp3) is 0.571. The molecule has 2 fully saturated rings. The van der Waals surface area contributed by atoms with Crippen molar-refractivity contribution in [3.05, 3.63) is 29.9 Å². The molecule has 2 aliphatic rings. The molecule has 180 valence electrons. The molecule has 33 heavy (non-hydrogen) atoms. The van der Waals surface area contributed by atoms with Gasteiger partial charge >= 0.3 is 6.09 Å². The van der Waals surface area contributed by atoms with Crippen molar-refractivity contribution in [1.82, 2.24) is 15.0 Å². The Kier molecular flexibility index (Phi) is 6.68. The highest BCUT2D eigenvalue weighted by molar-refractivity contribution is 7.90. The highest BCUT2D eigenvalue weighted by Crippen LogP contribution is 2.31. The van der Waals surface area contributed by atoms with Gasteiger partial charge in [-0.3, -0.25) is 4.90 Å². The normalized spacial score (nSPS) is 23.1. The Morgan fingerprint density at radius 3 is 2.58 bits per heavy atom. The molecule has 1 amide bonds. The Morgan fingerprint density at radius 1 is 1.27 bits per heavy atom. The fourth-order valence-electron chi connectivity index (χ4n) is 4.12. The zero-order chi connectivity index (χ0) is 23.8. The predicted octanol–water partition coefficient (Wildman–Crippen LogP) is 2.57. The number of carbonyl (C=O) groups excluding carboxylic acids is 1. The number of hydrogen-bond acceptors (Lipinski definition) is 9. The predicted molar refractivity (Wildman–Crippen MR) is 112 cm³/mol. The molecule has 2 aliphatic heterocycles. The first-order valence-corrected chi connectivity index (χ1v) is 12.5. The number of nitrogens with zero attached hydrogens (tertiary/aromatic N) is 3. The largest absolute Gasteiger partial charge is 0.447 e. The highest BCUT2D eigenvalue weighted by atomic mass is 32.2. The molecule has 0 spiro atoms. The van der Waals surface area contributed by atoms with E-state index in [2.05, 4.69) is 10.1 Å². The lowest BCUT2D eigenvalue weighted by molar-refractivity contribution is -0.116. The number of halogens is 1. The van der Waals surface area contributed by atoms with Gasteiger partial charge in [-0.1, -0.05) is 5.16 Å². The summed E-state index contributed by atoms with van der Waals surface area (Å²) >= 11 is 0. The number of rotatable bonds is 6. The van der Waals surface area contributed by atoms with Crippen molar-refractivity contribution >= 4 is 15.9 Å². The number of benzene rings is 1. The first-order chi connectivity index (χ1) is 15.6. The lowest BCUT2D eigenvalue weighted by Gasteiger charge is -2.47. The van der Waals surface area contributed by atoms with Gasteiger partial charge in [0.05, 0.1) is 37.5 Å². The summed E-state index contributed by atoms with van der Waals surface area (Å²) in [5.41, 5.74) is 0.290. The van der Waals surface area contributed by atoms with Crippen LogP contribution in [0.25, 0.3) is 11.4 Å². The Bertz CT molecular complexity index is 1110. The van der Waals surface area contributed by atoms with Crippen molar-refractivity contribution in [2.24, 2.45) is 0 Å². The summed E-state index contributed by atoms with van der Waals surface area (Å²) in [6.45, 7) is 4.52. The average Bonchev–Trinajstić information content (AvgIpc) is 3.19. The summed E-state index contributed by atoms with van der Waals surface area (Å²) in [6.07, 6.45) is 1.45. The van der Waals surface area contributed by atoms with Crippen molar-refractivity contribution in [2.75, 3.05) is 19.5 Å². The maximum absolute atomic E-state index is 14.2. The van der Waals surface area contributed by atoms with Crippen LogP contribution in [0.5, 0.6) is 0 Å². The molecule has 2 unspecified atom stereocenters.